The molecule has 4 aromatic heterocycles. The second-order valence-electron chi connectivity index (χ2n) is 9.01. The first-order valence-corrected chi connectivity index (χ1v) is 11.4. The van der Waals surface area contributed by atoms with Gasteiger partial charge in [0.05, 0.1) is 24.0 Å². The number of benzene rings is 2. The Kier molecular flexibility index (Phi) is 4.22. The third-order valence-electron chi connectivity index (χ3n) is 6.69. The molecule has 8 heteroatoms. The van der Waals surface area contributed by atoms with Crippen LogP contribution in [0.15, 0.2) is 60.9 Å². The summed E-state index contributed by atoms with van der Waals surface area (Å²) in [6, 6.07) is 16.7. The van der Waals surface area contributed by atoms with Crippen LogP contribution < -0.4 is 0 Å². The molecule has 0 unspecified atom stereocenters. The largest absolute Gasteiger partial charge is 0.358 e. The lowest BCUT2D eigenvalue weighted by atomic mass is 10.0. The molecule has 0 bridgehead atoms. The number of fused-ring (bicyclic) bond motifs is 5. The fourth-order valence-electron chi connectivity index (χ4n) is 4.91. The Morgan fingerprint density at radius 1 is 1.06 bits per heavy atom. The van der Waals surface area contributed by atoms with Crippen molar-refractivity contribution in [2.24, 2.45) is 0 Å². The van der Waals surface area contributed by atoms with Crippen molar-refractivity contribution < 1.29 is 0 Å². The maximum atomic E-state index is 4.92. The SMILES string of the molecule is CN1CCc2[nH]c3ccc(-c4cnc5nnn(Cc6ccc7ncccc7c6)c5n4)cc3c2C1. The number of likely N-dealkylation sites (N-methyl/N-ethyl adjacent to an activating group) is 1. The molecule has 166 valence electrons. The molecule has 2 aromatic carbocycles. The molecule has 8 nitrogen and oxygen atoms in total. The molecule has 6 aromatic rings. The Bertz CT molecular complexity index is 1700. The summed E-state index contributed by atoms with van der Waals surface area (Å²) in [5.74, 6) is 0. The highest BCUT2D eigenvalue weighted by atomic mass is 15.4. The Morgan fingerprint density at radius 2 is 2.03 bits per heavy atom. The third kappa shape index (κ3) is 3.14. The van der Waals surface area contributed by atoms with Crippen molar-refractivity contribution in [1.82, 2.24) is 39.8 Å². The van der Waals surface area contributed by atoms with Crippen LogP contribution in [-0.2, 0) is 19.5 Å². The molecule has 0 aliphatic carbocycles. The van der Waals surface area contributed by atoms with Gasteiger partial charge in [0.25, 0.3) is 0 Å². The van der Waals surface area contributed by atoms with Gasteiger partial charge in [-0.3, -0.25) is 4.98 Å². The van der Waals surface area contributed by atoms with Gasteiger partial charge in [-0.1, -0.05) is 23.4 Å². The van der Waals surface area contributed by atoms with Gasteiger partial charge in [-0.05, 0) is 48.5 Å². The van der Waals surface area contributed by atoms with E-state index in [0.29, 0.717) is 17.8 Å². The van der Waals surface area contributed by atoms with E-state index in [-0.39, 0.29) is 0 Å². The van der Waals surface area contributed by atoms with Crippen molar-refractivity contribution in [3.8, 4) is 11.3 Å². The number of hydrogen-bond donors (Lipinski definition) is 1. The highest BCUT2D eigenvalue weighted by Gasteiger charge is 2.19. The Balaban J connectivity index is 1.28. The standard InChI is InChI=1S/C26H22N8/c1-33-10-8-23-20(15-33)19-12-18(5-7-22(19)29-23)24-13-28-25-26(30-24)34(32-31-25)14-16-4-6-21-17(11-16)3-2-9-27-21/h2-7,9,11-13,29H,8,10,14-15H2,1H3. The van der Waals surface area contributed by atoms with Gasteiger partial charge in [-0.2, -0.15) is 0 Å². The first-order valence-electron chi connectivity index (χ1n) is 11.4. The van der Waals surface area contributed by atoms with Crippen molar-refractivity contribution in [3.05, 3.63) is 77.7 Å². The molecule has 0 saturated carbocycles. The highest BCUT2D eigenvalue weighted by molar-refractivity contribution is 5.89. The lowest BCUT2D eigenvalue weighted by Gasteiger charge is -2.22. The van der Waals surface area contributed by atoms with Crippen LogP contribution in [0.2, 0.25) is 0 Å². The molecule has 0 fully saturated rings. The van der Waals surface area contributed by atoms with Gasteiger partial charge in [-0.25, -0.2) is 14.6 Å². The number of aromatic amines is 1. The van der Waals surface area contributed by atoms with Gasteiger partial charge >= 0.3 is 0 Å². The molecule has 0 radical (unpaired) electrons. The normalized spacial score (nSPS) is 14.3. The van der Waals surface area contributed by atoms with E-state index in [1.54, 1.807) is 6.20 Å². The molecule has 0 saturated heterocycles. The average Bonchev–Trinajstić information content (AvgIpc) is 3.44. The van der Waals surface area contributed by atoms with E-state index in [2.05, 4.69) is 73.6 Å². The quantitative estimate of drug-likeness (QED) is 0.443. The first kappa shape index (κ1) is 19.3. The number of pyridine rings is 1. The molecule has 34 heavy (non-hydrogen) atoms. The van der Waals surface area contributed by atoms with Gasteiger partial charge in [0, 0.05) is 53.3 Å². The molecular formula is C26H22N8. The van der Waals surface area contributed by atoms with Gasteiger partial charge in [0.2, 0.25) is 5.65 Å². The number of hydrogen-bond acceptors (Lipinski definition) is 6. The number of nitrogens with zero attached hydrogens (tertiary/aromatic N) is 7. The molecular weight excluding hydrogens is 424 g/mol. The second kappa shape index (κ2) is 7.43. The summed E-state index contributed by atoms with van der Waals surface area (Å²) >= 11 is 0. The number of aromatic nitrogens is 7. The van der Waals surface area contributed by atoms with Crippen molar-refractivity contribution in [2.45, 2.75) is 19.5 Å². The molecule has 0 spiro atoms. The van der Waals surface area contributed by atoms with Crippen LogP contribution in [0.25, 0.3) is 44.4 Å². The van der Waals surface area contributed by atoms with Crippen LogP contribution in [0.1, 0.15) is 16.8 Å². The summed E-state index contributed by atoms with van der Waals surface area (Å²) in [5.41, 5.74) is 9.09. The van der Waals surface area contributed by atoms with E-state index in [0.717, 1.165) is 47.2 Å². The average molecular weight is 447 g/mol. The Labute approximate surface area is 195 Å². The molecule has 7 rings (SSSR count). The first-order chi connectivity index (χ1) is 16.7. The molecule has 0 atom stereocenters. The third-order valence-corrected chi connectivity index (χ3v) is 6.69. The zero-order chi connectivity index (χ0) is 22.6. The predicted octanol–water partition coefficient (Wildman–Crippen LogP) is 3.95. The maximum absolute atomic E-state index is 4.92. The molecule has 1 aliphatic rings. The van der Waals surface area contributed by atoms with Gasteiger partial charge < -0.3 is 9.88 Å². The summed E-state index contributed by atoms with van der Waals surface area (Å²) in [5, 5.41) is 10.9. The van der Waals surface area contributed by atoms with Gasteiger partial charge in [0.15, 0.2) is 5.65 Å². The van der Waals surface area contributed by atoms with Gasteiger partial charge in [-0.15, -0.1) is 5.10 Å². The lowest BCUT2D eigenvalue weighted by molar-refractivity contribution is 0.313. The van der Waals surface area contributed by atoms with Crippen molar-refractivity contribution in [2.75, 3.05) is 13.6 Å². The van der Waals surface area contributed by atoms with E-state index in [9.17, 15) is 0 Å². The second-order valence-corrected chi connectivity index (χ2v) is 9.01. The van der Waals surface area contributed by atoms with Crippen LogP contribution >= 0.6 is 0 Å². The van der Waals surface area contributed by atoms with Crippen molar-refractivity contribution >= 4 is 33.1 Å². The minimum Gasteiger partial charge on any atom is -0.358 e. The summed E-state index contributed by atoms with van der Waals surface area (Å²) in [7, 11) is 2.17. The van der Waals surface area contributed by atoms with E-state index in [1.165, 1.54) is 22.2 Å². The summed E-state index contributed by atoms with van der Waals surface area (Å²) in [6.45, 7) is 2.61. The van der Waals surface area contributed by atoms with Crippen LogP contribution in [0.4, 0.5) is 0 Å². The summed E-state index contributed by atoms with van der Waals surface area (Å²) in [4.78, 5) is 19.8. The Morgan fingerprint density at radius 3 is 3.00 bits per heavy atom. The Hall–Kier alpha value is -4.17. The van der Waals surface area contributed by atoms with Gasteiger partial charge in [0.1, 0.15) is 0 Å². The van der Waals surface area contributed by atoms with Crippen molar-refractivity contribution in [1.29, 1.82) is 0 Å². The van der Waals surface area contributed by atoms with E-state index < -0.39 is 0 Å². The number of rotatable bonds is 3. The number of H-pyrrole nitrogens is 1. The highest BCUT2D eigenvalue weighted by Crippen LogP contribution is 2.31. The maximum Gasteiger partial charge on any atom is 0.221 e. The van der Waals surface area contributed by atoms with Crippen LogP contribution in [-0.4, -0.2) is 53.4 Å². The molecule has 5 heterocycles. The fourth-order valence-corrected chi connectivity index (χ4v) is 4.91. The molecule has 1 N–H and O–H groups in total. The van der Waals surface area contributed by atoms with Crippen LogP contribution in [0.5, 0.6) is 0 Å². The smallest absolute Gasteiger partial charge is 0.221 e. The fraction of sp³-hybridized carbons (Fsp3) is 0.192. The summed E-state index contributed by atoms with van der Waals surface area (Å²) < 4.78 is 1.81. The molecule has 0 amide bonds. The molecule has 1 aliphatic heterocycles. The summed E-state index contributed by atoms with van der Waals surface area (Å²) in [6.07, 6.45) is 4.65. The van der Waals surface area contributed by atoms with E-state index in [4.69, 9.17) is 4.98 Å². The minimum absolute atomic E-state index is 0.549. The van der Waals surface area contributed by atoms with Crippen molar-refractivity contribution in [3.63, 3.8) is 0 Å². The number of nitrogens with one attached hydrogen (secondary N) is 1. The monoisotopic (exact) mass is 446 g/mol. The van der Waals surface area contributed by atoms with Crippen LogP contribution in [0.3, 0.4) is 0 Å². The predicted molar refractivity (Wildman–Crippen MR) is 131 cm³/mol. The zero-order valence-corrected chi connectivity index (χ0v) is 18.7. The van der Waals surface area contributed by atoms with Crippen LogP contribution in [0, 0.1) is 0 Å². The lowest BCUT2D eigenvalue weighted by Crippen LogP contribution is -2.25. The minimum atomic E-state index is 0.549. The van der Waals surface area contributed by atoms with E-state index >= 15 is 0 Å². The topological polar surface area (TPSA) is 88.4 Å². The zero-order valence-electron chi connectivity index (χ0n) is 18.7. The van der Waals surface area contributed by atoms with E-state index in [1.807, 2.05) is 23.0 Å².